The van der Waals surface area contributed by atoms with Crippen molar-refractivity contribution in [1.82, 2.24) is 0 Å². The van der Waals surface area contributed by atoms with Crippen LogP contribution < -0.4 is 4.74 Å². The number of allylic oxidation sites excluding steroid dienone is 5. The van der Waals surface area contributed by atoms with E-state index in [1.54, 1.807) is 0 Å². The Bertz CT molecular complexity index is 1950. The molecule has 0 saturated heterocycles. The summed E-state index contributed by atoms with van der Waals surface area (Å²) in [7, 11) is 1.11. The number of rotatable bonds is 13. The van der Waals surface area contributed by atoms with Crippen LogP contribution in [0.5, 0.6) is 5.75 Å². The summed E-state index contributed by atoms with van der Waals surface area (Å²) < 4.78 is 14.3. The Morgan fingerprint density at radius 2 is 1.61 bits per heavy atom. The van der Waals surface area contributed by atoms with E-state index < -0.39 is 8.15 Å². The molecule has 266 valence electrons. The smallest absolute Gasteiger partial charge is 0.130 e. The Kier molecular flexibility index (Phi) is 11.5. The van der Waals surface area contributed by atoms with Crippen LogP contribution in [-0.2, 0) is 29.9 Å². The van der Waals surface area contributed by atoms with Crippen molar-refractivity contribution < 1.29 is 9.26 Å². The fourth-order valence-corrected chi connectivity index (χ4v) is 11.1. The summed E-state index contributed by atoms with van der Waals surface area (Å²) in [5.74, 6) is 3.46. The largest absolute Gasteiger partial charge is 0.496 e. The molecule has 1 heterocycles. The van der Waals surface area contributed by atoms with Gasteiger partial charge in [-0.25, -0.2) is 0 Å². The van der Waals surface area contributed by atoms with Crippen LogP contribution in [0, 0.1) is 18.8 Å². The van der Waals surface area contributed by atoms with Crippen LogP contribution in [0.15, 0.2) is 96.8 Å². The van der Waals surface area contributed by atoms with Gasteiger partial charge in [-0.1, -0.05) is 137 Å². The van der Waals surface area contributed by atoms with Crippen molar-refractivity contribution in [3.05, 3.63) is 141 Å². The van der Waals surface area contributed by atoms with Crippen molar-refractivity contribution in [2.45, 2.75) is 104 Å². The van der Waals surface area contributed by atoms with Gasteiger partial charge in [0.25, 0.3) is 0 Å². The molecule has 3 heteroatoms. The third kappa shape index (κ3) is 7.50. The molecule has 7 rings (SSSR count). The quantitative estimate of drug-likeness (QED) is 0.130. The molecule has 1 aliphatic heterocycles. The molecule has 4 atom stereocenters. The number of benzene rings is 4. The van der Waals surface area contributed by atoms with E-state index in [0.717, 1.165) is 56.6 Å². The van der Waals surface area contributed by atoms with E-state index in [-0.39, 0.29) is 0 Å². The predicted molar refractivity (Wildman–Crippen MR) is 219 cm³/mol. The van der Waals surface area contributed by atoms with Crippen molar-refractivity contribution in [1.29, 1.82) is 0 Å². The number of hydrogen-bond donors (Lipinski definition) is 0. The average Bonchev–Trinajstić information content (AvgIpc) is 3.31. The molecular weight excluding hydrogens is 640 g/mol. The number of hydrogen-bond acceptors (Lipinski definition) is 2. The molecule has 0 spiro atoms. The van der Waals surface area contributed by atoms with E-state index >= 15 is 0 Å². The third-order valence-electron chi connectivity index (χ3n) is 11.5. The molecule has 0 N–H and O–H groups in total. The van der Waals surface area contributed by atoms with E-state index in [1.807, 2.05) is 7.11 Å². The minimum absolute atomic E-state index is 0.331. The Morgan fingerprint density at radius 3 is 2.43 bits per heavy atom. The van der Waals surface area contributed by atoms with Crippen molar-refractivity contribution in [2.24, 2.45) is 11.8 Å². The highest BCUT2D eigenvalue weighted by atomic mass is 31.1. The Labute approximate surface area is 308 Å². The first-order valence-electron chi connectivity index (χ1n) is 19.8. The molecule has 4 aromatic rings. The van der Waals surface area contributed by atoms with Gasteiger partial charge in [0, 0.05) is 35.3 Å². The second kappa shape index (κ2) is 16.4. The highest BCUT2D eigenvalue weighted by molar-refractivity contribution is 7.51. The summed E-state index contributed by atoms with van der Waals surface area (Å²) in [6.45, 7) is 9.12. The number of fused-ring (bicyclic) bond motifs is 5. The van der Waals surface area contributed by atoms with Gasteiger partial charge in [-0.05, 0) is 102 Å². The first-order chi connectivity index (χ1) is 25.0. The first-order valence-corrected chi connectivity index (χ1v) is 21.5. The summed E-state index contributed by atoms with van der Waals surface area (Å²) in [6, 6.07) is 25.9. The standard InChI is InChI=1S/C48H57O2P/c1-6-9-16-34-24-26-44-40(28-34)30-36(18-11-8-3)48(50-51-31-37-19-12-14-21-41(37)42-22-15-13-20-38(42)32-51)46(44)45-43-25-23-33(4)27-39(43)29-35(17-10-7-2)47(45)49-5/h12-15,19-29,36-37,41H,6-11,16-18,30-32H2,1-5H3. The maximum Gasteiger partial charge on any atom is 0.130 e. The van der Waals surface area contributed by atoms with Gasteiger partial charge < -0.3 is 9.26 Å². The third-order valence-corrected chi connectivity index (χ3v) is 13.5. The Morgan fingerprint density at radius 1 is 0.804 bits per heavy atom. The molecule has 0 bridgehead atoms. The second-order valence-corrected chi connectivity index (χ2v) is 17.0. The van der Waals surface area contributed by atoms with Gasteiger partial charge in [-0.3, -0.25) is 0 Å². The lowest BCUT2D eigenvalue weighted by atomic mass is 9.76. The van der Waals surface area contributed by atoms with Crippen molar-refractivity contribution in [2.75, 3.05) is 13.3 Å². The van der Waals surface area contributed by atoms with Gasteiger partial charge in [0.1, 0.15) is 11.5 Å². The van der Waals surface area contributed by atoms with E-state index in [1.165, 1.54) is 92.3 Å². The van der Waals surface area contributed by atoms with Gasteiger partial charge in [-0.15, -0.1) is 0 Å². The van der Waals surface area contributed by atoms with Gasteiger partial charge in [-0.2, -0.15) is 0 Å². The van der Waals surface area contributed by atoms with Crippen LogP contribution in [0.4, 0.5) is 0 Å². The molecule has 51 heavy (non-hydrogen) atoms. The minimum atomic E-state index is -0.777. The van der Waals surface area contributed by atoms with Crippen LogP contribution in [0.2, 0.25) is 0 Å². The molecule has 4 unspecified atom stereocenters. The highest BCUT2D eigenvalue weighted by Crippen LogP contribution is 2.57. The van der Waals surface area contributed by atoms with Crippen molar-refractivity contribution >= 4 is 24.5 Å². The van der Waals surface area contributed by atoms with E-state index in [9.17, 15) is 0 Å². The average molecular weight is 697 g/mol. The molecule has 0 saturated carbocycles. The molecule has 4 aromatic carbocycles. The topological polar surface area (TPSA) is 18.5 Å². The summed E-state index contributed by atoms with van der Waals surface area (Å²) in [6.07, 6.45) is 22.9. The van der Waals surface area contributed by atoms with Crippen LogP contribution in [-0.4, -0.2) is 13.3 Å². The summed E-state index contributed by atoms with van der Waals surface area (Å²) in [4.78, 5) is 0. The lowest BCUT2D eigenvalue weighted by Gasteiger charge is -2.35. The monoisotopic (exact) mass is 696 g/mol. The van der Waals surface area contributed by atoms with E-state index in [2.05, 4.69) is 119 Å². The van der Waals surface area contributed by atoms with Crippen LogP contribution in [0.3, 0.4) is 0 Å². The molecule has 2 aliphatic carbocycles. The van der Waals surface area contributed by atoms with Gasteiger partial charge >= 0.3 is 0 Å². The highest BCUT2D eigenvalue weighted by Gasteiger charge is 2.37. The molecule has 0 fully saturated rings. The van der Waals surface area contributed by atoms with Crippen LogP contribution >= 0.6 is 8.15 Å². The Hall–Kier alpha value is -3.61. The van der Waals surface area contributed by atoms with Crippen molar-refractivity contribution in [3.63, 3.8) is 0 Å². The molecule has 0 radical (unpaired) electrons. The maximum absolute atomic E-state index is 7.77. The van der Waals surface area contributed by atoms with Gasteiger partial charge in [0.05, 0.1) is 15.3 Å². The summed E-state index contributed by atoms with van der Waals surface area (Å²) in [5.41, 5.74) is 12.4. The normalized spacial score (nSPS) is 20.9. The zero-order valence-electron chi connectivity index (χ0n) is 31.6. The second-order valence-electron chi connectivity index (χ2n) is 15.2. The van der Waals surface area contributed by atoms with Crippen LogP contribution in [0.1, 0.15) is 116 Å². The predicted octanol–water partition coefficient (Wildman–Crippen LogP) is 13.4. The zero-order chi connectivity index (χ0) is 35.3. The summed E-state index contributed by atoms with van der Waals surface area (Å²) in [5, 5.41) is 2.57. The number of methoxy groups -OCH3 is 1. The lowest BCUT2D eigenvalue weighted by Crippen LogP contribution is -2.20. The Balaban J connectivity index is 1.47. The summed E-state index contributed by atoms with van der Waals surface area (Å²) >= 11 is 0. The zero-order valence-corrected chi connectivity index (χ0v) is 32.5. The molecule has 0 aromatic heterocycles. The molecule has 0 amide bonds. The molecular formula is C48H57O2P. The number of aryl methyl sites for hydroxylation is 3. The van der Waals surface area contributed by atoms with Crippen LogP contribution in [0.25, 0.3) is 16.3 Å². The molecule has 2 nitrogen and oxygen atoms in total. The van der Waals surface area contributed by atoms with Crippen molar-refractivity contribution in [3.8, 4) is 5.75 Å². The molecule has 3 aliphatic rings. The van der Waals surface area contributed by atoms with E-state index in [4.69, 9.17) is 9.26 Å². The fraction of sp³-hybridized carbons (Fsp3) is 0.417. The lowest BCUT2D eigenvalue weighted by molar-refractivity contribution is 0.348. The maximum atomic E-state index is 7.77. The SMILES string of the molecule is CCCCc1ccc2c(c1)CC(CCCC)C(OP1Cc3ccccc3C3C=CC=CC3C1)=C2c1c(OC)c(CCCC)cc2cc(C)ccc12. The number of ether oxygens (including phenoxy) is 1. The fourth-order valence-electron chi connectivity index (χ4n) is 8.82. The first kappa shape index (κ1) is 35.8. The number of unbranched alkanes of at least 4 members (excludes halogenated alkanes) is 3. The van der Waals surface area contributed by atoms with E-state index in [0.29, 0.717) is 17.8 Å². The minimum Gasteiger partial charge on any atom is -0.496 e. The van der Waals surface area contributed by atoms with Gasteiger partial charge in [0.2, 0.25) is 0 Å². The van der Waals surface area contributed by atoms with Gasteiger partial charge in [0.15, 0.2) is 0 Å².